The molecule has 9 nitrogen and oxygen atoms in total. The summed E-state index contributed by atoms with van der Waals surface area (Å²) in [7, 11) is 2.86. The number of furan rings is 1. The standard InChI is InChI=1S/C34H26ClN3O6S/c1-19-29(31(39)37-22-7-5-4-6-8-22)30(20-9-12-23(42-2)13-10-20)38-32(40)28(45-34(38)36-19)18-24-14-16-27(44-24)21-11-15-26(35)25(17-21)33(41)43-3/h4-18,30H,1-3H3,(H,37,39)/b28-18+/t30-/m1/s1. The van der Waals surface area contributed by atoms with Gasteiger partial charge in [-0.2, -0.15) is 0 Å². The highest BCUT2D eigenvalue weighted by Gasteiger charge is 2.32. The number of allylic oxidation sites excluding steroid dienone is 1. The van der Waals surface area contributed by atoms with Gasteiger partial charge in [0.1, 0.15) is 17.3 Å². The van der Waals surface area contributed by atoms with E-state index >= 15 is 0 Å². The molecule has 3 aromatic carbocycles. The number of aromatic nitrogens is 1. The molecule has 1 amide bonds. The molecule has 0 aliphatic carbocycles. The maximum absolute atomic E-state index is 14.0. The number of hydrogen-bond acceptors (Lipinski definition) is 8. The third-order valence-electron chi connectivity index (χ3n) is 7.29. The highest BCUT2D eigenvalue weighted by atomic mass is 35.5. The Bertz CT molecular complexity index is 2150. The number of amides is 1. The van der Waals surface area contributed by atoms with Gasteiger partial charge in [-0.1, -0.05) is 53.3 Å². The molecule has 0 unspecified atom stereocenters. The van der Waals surface area contributed by atoms with Gasteiger partial charge in [0.15, 0.2) is 4.80 Å². The lowest BCUT2D eigenvalue weighted by atomic mass is 9.95. The van der Waals surface area contributed by atoms with Gasteiger partial charge in [0.25, 0.3) is 11.5 Å². The number of benzene rings is 3. The van der Waals surface area contributed by atoms with Crippen molar-refractivity contribution < 1.29 is 23.5 Å². The Balaban J connectivity index is 1.42. The lowest BCUT2D eigenvalue weighted by Gasteiger charge is -2.25. The molecule has 1 atom stereocenters. The fourth-order valence-electron chi connectivity index (χ4n) is 5.09. The average Bonchev–Trinajstić information content (AvgIpc) is 3.64. The molecule has 2 aromatic heterocycles. The number of esters is 1. The van der Waals surface area contributed by atoms with Crippen LogP contribution in [0.15, 0.2) is 110 Å². The van der Waals surface area contributed by atoms with Gasteiger partial charge in [0.05, 0.1) is 46.7 Å². The molecule has 0 spiro atoms. The number of para-hydroxylation sites is 1. The molecule has 0 bridgehead atoms. The molecule has 226 valence electrons. The van der Waals surface area contributed by atoms with Crippen molar-refractivity contribution in [3.63, 3.8) is 0 Å². The molecule has 3 heterocycles. The highest BCUT2D eigenvalue weighted by molar-refractivity contribution is 7.07. The van der Waals surface area contributed by atoms with Crippen LogP contribution in [0.1, 0.15) is 34.6 Å². The van der Waals surface area contributed by atoms with Crippen LogP contribution < -0.4 is 24.9 Å². The summed E-state index contributed by atoms with van der Waals surface area (Å²) < 4.78 is 18.1. The maximum Gasteiger partial charge on any atom is 0.339 e. The van der Waals surface area contributed by atoms with E-state index in [1.165, 1.54) is 23.0 Å². The Hall–Kier alpha value is -5.19. The smallest absolute Gasteiger partial charge is 0.339 e. The summed E-state index contributed by atoms with van der Waals surface area (Å²) in [5, 5.41) is 3.21. The van der Waals surface area contributed by atoms with Crippen LogP contribution in [0.5, 0.6) is 5.75 Å². The molecular formula is C34H26ClN3O6S. The van der Waals surface area contributed by atoms with E-state index in [4.69, 9.17) is 25.5 Å². The second kappa shape index (κ2) is 12.4. The van der Waals surface area contributed by atoms with Crippen molar-refractivity contribution in [2.75, 3.05) is 19.5 Å². The summed E-state index contributed by atoms with van der Waals surface area (Å²) in [5.74, 6) is 0.622. The summed E-state index contributed by atoms with van der Waals surface area (Å²) in [5.41, 5.74) is 2.71. The first-order chi connectivity index (χ1) is 21.8. The molecule has 5 aromatic rings. The first-order valence-corrected chi connectivity index (χ1v) is 15.0. The van der Waals surface area contributed by atoms with E-state index in [1.807, 2.05) is 30.3 Å². The number of halogens is 1. The molecule has 6 rings (SSSR count). The van der Waals surface area contributed by atoms with E-state index in [2.05, 4.69) is 10.3 Å². The molecule has 45 heavy (non-hydrogen) atoms. The fourth-order valence-corrected chi connectivity index (χ4v) is 6.31. The first kappa shape index (κ1) is 29.9. The topological polar surface area (TPSA) is 112 Å². The van der Waals surface area contributed by atoms with E-state index < -0.39 is 12.0 Å². The number of thiazole rings is 1. The predicted molar refractivity (Wildman–Crippen MR) is 172 cm³/mol. The number of carbonyl (C=O) groups excluding carboxylic acids is 2. The van der Waals surface area contributed by atoms with Gasteiger partial charge in [-0.05, 0) is 67.1 Å². The van der Waals surface area contributed by atoms with Crippen LogP contribution in [0, 0.1) is 0 Å². The van der Waals surface area contributed by atoms with Crippen LogP contribution in [0.3, 0.4) is 0 Å². The van der Waals surface area contributed by atoms with Crippen LogP contribution in [0.25, 0.3) is 17.4 Å². The number of nitrogens with one attached hydrogen (secondary N) is 1. The third-order valence-corrected chi connectivity index (χ3v) is 8.60. The number of hydrogen-bond donors (Lipinski definition) is 1. The zero-order valence-corrected chi connectivity index (χ0v) is 25.9. The number of rotatable bonds is 7. The van der Waals surface area contributed by atoms with Crippen LogP contribution in [-0.4, -0.2) is 30.7 Å². The van der Waals surface area contributed by atoms with Crippen LogP contribution in [-0.2, 0) is 9.53 Å². The van der Waals surface area contributed by atoms with E-state index in [0.29, 0.717) is 49.1 Å². The second-order valence-corrected chi connectivity index (χ2v) is 11.5. The van der Waals surface area contributed by atoms with Crippen LogP contribution >= 0.6 is 22.9 Å². The predicted octanol–water partition coefficient (Wildman–Crippen LogP) is 5.58. The zero-order chi connectivity index (χ0) is 31.7. The zero-order valence-electron chi connectivity index (χ0n) is 24.4. The monoisotopic (exact) mass is 639 g/mol. The minimum Gasteiger partial charge on any atom is -0.497 e. The first-order valence-electron chi connectivity index (χ1n) is 13.8. The Morgan fingerprint density at radius 3 is 2.49 bits per heavy atom. The lowest BCUT2D eigenvalue weighted by Crippen LogP contribution is -2.40. The number of nitrogens with zero attached hydrogens (tertiary/aromatic N) is 2. The second-order valence-electron chi connectivity index (χ2n) is 10.1. The fraction of sp³-hybridized carbons (Fsp3) is 0.118. The van der Waals surface area contributed by atoms with Crippen molar-refractivity contribution in [2.24, 2.45) is 4.99 Å². The average molecular weight is 640 g/mol. The summed E-state index contributed by atoms with van der Waals surface area (Å²) >= 11 is 7.37. The third kappa shape index (κ3) is 5.85. The quantitative estimate of drug-likeness (QED) is 0.233. The summed E-state index contributed by atoms with van der Waals surface area (Å²) in [4.78, 5) is 45.0. The molecule has 11 heteroatoms. The van der Waals surface area contributed by atoms with Crippen LogP contribution in [0.2, 0.25) is 5.02 Å². The lowest BCUT2D eigenvalue weighted by molar-refractivity contribution is -0.113. The molecular weight excluding hydrogens is 614 g/mol. The SMILES string of the molecule is COC(=O)c1cc(-c2ccc(/C=c3/sc4n(c3=O)[C@H](c3ccc(OC)cc3)C(C(=O)Nc3ccccc3)=C(C)N=4)o2)ccc1Cl. The molecule has 1 aliphatic heterocycles. The van der Waals surface area contributed by atoms with E-state index in [9.17, 15) is 14.4 Å². The van der Waals surface area contributed by atoms with Crippen molar-refractivity contribution in [1.82, 2.24) is 4.57 Å². The van der Waals surface area contributed by atoms with Crippen molar-refractivity contribution in [1.29, 1.82) is 0 Å². The largest absolute Gasteiger partial charge is 0.497 e. The molecule has 1 aliphatic rings. The van der Waals surface area contributed by atoms with Crippen LogP contribution in [0.4, 0.5) is 5.69 Å². The van der Waals surface area contributed by atoms with Gasteiger partial charge in [-0.25, -0.2) is 9.79 Å². The Kier molecular flexibility index (Phi) is 8.25. The van der Waals surface area contributed by atoms with Gasteiger partial charge in [-0.15, -0.1) is 0 Å². The number of carbonyl (C=O) groups is 2. The van der Waals surface area contributed by atoms with Gasteiger partial charge < -0.3 is 19.2 Å². The highest BCUT2D eigenvalue weighted by Crippen LogP contribution is 2.32. The Morgan fingerprint density at radius 1 is 1.02 bits per heavy atom. The number of ether oxygens (including phenoxy) is 2. The number of fused-ring (bicyclic) bond motifs is 1. The Labute approximate surface area is 266 Å². The summed E-state index contributed by atoms with van der Waals surface area (Å²) in [6, 6.07) is 24.0. The molecule has 1 N–H and O–H groups in total. The van der Waals surface area contributed by atoms with E-state index in [1.54, 1.807) is 74.7 Å². The number of methoxy groups -OCH3 is 2. The van der Waals surface area contributed by atoms with Gasteiger partial charge in [0, 0.05) is 17.3 Å². The molecule has 0 saturated heterocycles. The van der Waals surface area contributed by atoms with Crippen molar-refractivity contribution in [2.45, 2.75) is 13.0 Å². The molecule has 0 fully saturated rings. The van der Waals surface area contributed by atoms with E-state index in [0.717, 1.165) is 5.56 Å². The van der Waals surface area contributed by atoms with Crippen molar-refractivity contribution >= 4 is 46.6 Å². The normalized spacial score (nSPS) is 14.5. The van der Waals surface area contributed by atoms with Crippen molar-refractivity contribution in [3.05, 3.63) is 138 Å². The van der Waals surface area contributed by atoms with Gasteiger partial charge in [-0.3, -0.25) is 14.2 Å². The molecule has 0 radical (unpaired) electrons. The minimum absolute atomic E-state index is 0.212. The van der Waals surface area contributed by atoms with Crippen molar-refractivity contribution in [3.8, 4) is 17.1 Å². The van der Waals surface area contributed by atoms with Gasteiger partial charge >= 0.3 is 5.97 Å². The Morgan fingerprint density at radius 2 is 1.78 bits per heavy atom. The maximum atomic E-state index is 14.0. The van der Waals surface area contributed by atoms with E-state index in [-0.39, 0.29) is 22.1 Å². The summed E-state index contributed by atoms with van der Waals surface area (Å²) in [6.45, 7) is 1.76. The summed E-state index contributed by atoms with van der Waals surface area (Å²) in [6.07, 6.45) is 1.64. The molecule has 0 saturated carbocycles. The van der Waals surface area contributed by atoms with Gasteiger partial charge in [0.2, 0.25) is 0 Å². The minimum atomic E-state index is -0.740. The number of anilines is 1.